The van der Waals surface area contributed by atoms with E-state index in [4.69, 9.17) is 5.73 Å². The van der Waals surface area contributed by atoms with Gasteiger partial charge in [-0.05, 0) is 30.0 Å². The number of rotatable bonds is 6. The number of hydrogen-bond donors (Lipinski definition) is 3. The SMILES string of the molecule is CCC(C)C(NC(N)=O)C(=O)NCc1ccc(C)c(F)c1. The Labute approximate surface area is 124 Å². The number of carbonyl (C=O) groups is 2. The number of nitrogens with one attached hydrogen (secondary N) is 2. The number of aryl methyl sites for hydroxylation is 1. The second-order valence-electron chi connectivity index (χ2n) is 5.17. The minimum absolute atomic E-state index is 0.0488. The third-order valence-electron chi connectivity index (χ3n) is 3.50. The number of urea groups is 1. The summed E-state index contributed by atoms with van der Waals surface area (Å²) in [5, 5.41) is 5.13. The molecule has 1 aromatic carbocycles. The van der Waals surface area contributed by atoms with E-state index in [-0.39, 0.29) is 24.2 Å². The third-order valence-corrected chi connectivity index (χ3v) is 3.50. The summed E-state index contributed by atoms with van der Waals surface area (Å²) in [6.45, 7) is 5.64. The Hall–Kier alpha value is -2.11. The van der Waals surface area contributed by atoms with Crippen molar-refractivity contribution in [1.82, 2.24) is 10.6 Å². The summed E-state index contributed by atoms with van der Waals surface area (Å²) >= 11 is 0. The minimum Gasteiger partial charge on any atom is -0.352 e. The number of amides is 3. The first-order valence-corrected chi connectivity index (χ1v) is 6.93. The first-order valence-electron chi connectivity index (χ1n) is 6.93. The van der Waals surface area contributed by atoms with Crippen LogP contribution in [0.3, 0.4) is 0 Å². The normalized spacial score (nSPS) is 13.3. The van der Waals surface area contributed by atoms with E-state index in [1.807, 2.05) is 13.8 Å². The average Bonchev–Trinajstić information content (AvgIpc) is 2.44. The molecule has 5 nitrogen and oxygen atoms in total. The van der Waals surface area contributed by atoms with E-state index >= 15 is 0 Å². The Balaban J connectivity index is 2.68. The molecule has 0 aromatic heterocycles. The van der Waals surface area contributed by atoms with Crippen LogP contribution in [0.1, 0.15) is 31.4 Å². The quantitative estimate of drug-likeness (QED) is 0.748. The molecule has 2 unspecified atom stereocenters. The number of nitrogens with two attached hydrogens (primary N) is 1. The van der Waals surface area contributed by atoms with Crippen molar-refractivity contribution in [3.8, 4) is 0 Å². The predicted octanol–water partition coefficient (Wildman–Crippen LogP) is 1.83. The second-order valence-corrected chi connectivity index (χ2v) is 5.17. The Morgan fingerprint density at radius 3 is 2.57 bits per heavy atom. The first kappa shape index (κ1) is 16.9. The van der Waals surface area contributed by atoms with Crippen LogP contribution in [0.15, 0.2) is 18.2 Å². The highest BCUT2D eigenvalue weighted by Gasteiger charge is 2.24. The van der Waals surface area contributed by atoms with Crippen LogP contribution in [-0.4, -0.2) is 18.0 Å². The van der Waals surface area contributed by atoms with E-state index in [1.165, 1.54) is 6.07 Å². The lowest BCUT2D eigenvalue weighted by Crippen LogP contribution is -2.51. The van der Waals surface area contributed by atoms with Gasteiger partial charge in [0.15, 0.2) is 0 Å². The Kier molecular flexibility index (Phi) is 6.14. The Morgan fingerprint density at radius 1 is 1.38 bits per heavy atom. The molecule has 2 atom stereocenters. The molecule has 21 heavy (non-hydrogen) atoms. The molecule has 1 rings (SSSR count). The van der Waals surface area contributed by atoms with Crippen LogP contribution in [0, 0.1) is 18.7 Å². The van der Waals surface area contributed by atoms with Gasteiger partial charge in [-0.15, -0.1) is 0 Å². The van der Waals surface area contributed by atoms with Gasteiger partial charge >= 0.3 is 6.03 Å². The third kappa shape index (κ3) is 5.06. The van der Waals surface area contributed by atoms with E-state index in [2.05, 4.69) is 10.6 Å². The van der Waals surface area contributed by atoms with Crippen molar-refractivity contribution in [3.05, 3.63) is 35.1 Å². The molecule has 0 aliphatic carbocycles. The number of benzene rings is 1. The zero-order valence-electron chi connectivity index (χ0n) is 12.6. The fraction of sp³-hybridized carbons (Fsp3) is 0.467. The van der Waals surface area contributed by atoms with Crippen LogP contribution in [0.4, 0.5) is 9.18 Å². The highest BCUT2D eigenvalue weighted by atomic mass is 19.1. The predicted molar refractivity (Wildman–Crippen MR) is 78.9 cm³/mol. The standard InChI is InChI=1S/C15H22FN3O2/c1-4-9(2)13(19-15(17)21)14(20)18-8-11-6-5-10(3)12(16)7-11/h5-7,9,13H,4,8H2,1-3H3,(H,18,20)(H3,17,19,21). The maximum atomic E-state index is 13.4. The van der Waals surface area contributed by atoms with Crippen molar-refractivity contribution < 1.29 is 14.0 Å². The van der Waals surface area contributed by atoms with Gasteiger partial charge in [-0.2, -0.15) is 0 Å². The summed E-state index contributed by atoms with van der Waals surface area (Å²) in [6, 6.07) is 3.36. The van der Waals surface area contributed by atoms with Crippen molar-refractivity contribution in [2.24, 2.45) is 11.7 Å². The maximum Gasteiger partial charge on any atom is 0.312 e. The van der Waals surface area contributed by atoms with Crippen LogP contribution in [0.2, 0.25) is 0 Å². The van der Waals surface area contributed by atoms with Crippen LogP contribution >= 0.6 is 0 Å². The van der Waals surface area contributed by atoms with Crippen molar-refractivity contribution in [2.45, 2.75) is 39.8 Å². The van der Waals surface area contributed by atoms with Gasteiger partial charge in [0.2, 0.25) is 5.91 Å². The summed E-state index contributed by atoms with van der Waals surface area (Å²) < 4.78 is 13.4. The molecular weight excluding hydrogens is 273 g/mol. The van der Waals surface area contributed by atoms with Gasteiger partial charge in [-0.3, -0.25) is 4.79 Å². The van der Waals surface area contributed by atoms with Crippen molar-refractivity contribution in [1.29, 1.82) is 0 Å². The first-order chi connectivity index (χ1) is 9.85. The molecule has 0 saturated carbocycles. The topological polar surface area (TPSA) is 84.2 Å². The number of hydrogen-bond acceptors (Lipinski definition) is 2. The van der Waals surface area contributed by atoms with Crippen molar-refractivity contribution in [3.63, 3.8) is 0 Å². The van der Waals surface area contributed by atoms with Gasteiger partial charge in [0.1, 0.15) is 11.9 Å². The Bertz CT molecular complexity index is 520. The molecule has 116 valence electrons. The highest BCUT2D eigenvalue weighted by molar-refractivity contribution is 5.86. The van der Waals surface area contributed by atoms with Gasteiger partial charge in [0.25, 0.3) is 0 Å². The smallest absolute Gasteiger partial charge is 0.312 e. The zero-order chi connectivity index (χ0) is 16.0. The zero-order valence-corrected chi connectivity index (χ0v) is 12.6. The molecule has 0 radical (unpaired) electrons. The van der Waals surface area contributed by atoms with Crippen molar-refractivity contribution in [2.75, 3.05) is 0 Å². The fourth-order valence-corrected chi connectivity index (χ4v) is 1.90. The monoisotopic (exact) mass is 295 g/mol. The van der Waals surface area contributed by atoms with E-state index in [1.54, 1.807) is 19.1 Å². The summed E-state index contributed by atoms with van der Waals surface area (Å²) in [4.78, 5) is 23.1. The van der Waals surface area contributed by atoms with Crippen LogP contribution < -0.4 is 16.4 Å². The second kappa shape index (κ2) is 7.61. The number of halogens is 1. The molecule has 0 aliphatic heterocycles. The number of primary amides is 1. The van der Waals surface area contributed by atoms with E-state index in [0.717, 1.165) is 6.42 Å². The van der Waals surface area contributed by atoms with Gasteiger partial charge in [-0.1, -0.05) is 32.4 Å². The molecular formula is C15H22FN3O2. The van der Waals surface area contributed by atoms with Crippen molar-refractivity contribution >= 4 is 11.9 Å². The summed E-state index contributed by atoms with van der Waals surface area (Å²) in [5.41, 5.74) is 6.30. The molecule has 0 saturated heterocycles. The lowest BCUT2D eigenvalue weighted by atomic mass is 9.98. The molecule has 0 spiro atoms. The summed E-state index contributed by atoms with van der Waals surface area (Å²) in [7, 11) is 0. The molecule has 0 fully saturated rings. The van der Waals surface area contributed by atoms with Crippen LogP contribution in [0.25, 0.3) is 0 Å². The maximum absolute atomic E-state index is 13.4. The lowest BCUT2D eigenvalue weighted by Gasteiger charge is -2.22. The molecule has 3 amide bonds. The highest BCUT2D eigenvalue weighted by Crippen LogP contribution is 2.10. The molecule has 0 heterocycles. The van der Waals surface area contributed by atoms with Gasteiger partial charge < -0.3 is 16.4 Å². The molecule has 4 N–H and O–H groups in total. The lowest BCUT2D eigenvalue weighted by molar-refractivity contribution is -0.124. The van der Waals surface area contributed by atoms with E-state index in [0.29, 0.717) is 11.1 Å². The van der Waals surface area contributed by atoms with Gasteiger partial charge in [-0.25, -0.2) is 9.18 Å². The Morgan fingerprint density at radius 2 is 2.05 bits per heavy atom. The van der Waals surface area contributed by atoms with Crippen LogP contribution in [0.5, 0.6) is 0 Å². The summed E-state index contributed by atoms with van der Waals surface area (Å²) in [6.07, 6.45) is 0.720. The minimum atomic E-state index is -0.739. The van der Waals surface area contributed by atoms with E-state index < -0.39 is 12.1 Å². The van der Waals surface area contributed by atoms with Crippen LogP contribution in [-0.2, 0) is 11.3 Å². The van der Waals surface area contributed by atoms with Gasteiger partial charge in [0.05, 0.1) is 0 Å². The fourth-order valence-electron chi connectivity index (χ4n) is 1.90. The molecule has 0 aliphatic rings. The molecule has 0 bridgehead atoms. The average molecular weight is 295 g/mol. The molecule has 1 aromatic rings. The summed E-state index contributed by atoms with van der Waals surface area (Å²) in [5.74, 6) is -0.688. The van der Waals surface area contributed by atoms with Gasteiger partial charge in [0, 0.05) is 6.54 Å². The number of carbonyl (C=O) groups excluding carboxylic acids is 2. The van der Waals surface area contributed by atoms with E-state index in [9.17, 15) is 14.0 Å². The molecule has 6 heteroatoms. The largest absolute Gasteiger partial charge is 0.352 e.